The molecule has 0 spiro atoms. The molecule has 0 aromatic carbocycles. The van der Waals surface area contributed by atoms with Crippen molar-refractivity contribution in [3.8, 4) is 0 Å². The average molecular weight is 258 g/mol. The summed E-state index contributed by atoms with van der Waals surface area (Å²) in [6.45, 7) is 7.02. The number of fused-ring (bicyclic) bond motifs is 1. The lowest BCUT2D eigenvalue weighted by molar-refractivity contribution is -0.0373. The summed E-state index contributed by atoms with van der Waals surface area (Å²) in [6.07, 6.45) is 5.87. The summed E-state index contributed by atoms with van der Waals surface area (Å²) in [4.78, 5) is 7.13. The Morgan fingerprint density at radius 3 is 2.28 bits per heavy atom. The van der Waals surface area contributed by atoms with E-state index >= 15 is 0 Å². The first-order valence-electron chi connectivity index (χ1n) is 7.29. The van der Waals surface area contributed by atoms with Gasteiger partial charge in [-0.05, 0) is 31.7 Å². The smallest absolute Gasteiger partial charge is 0.0685 e. The van der Waals surface area contributed by atoms with Crippen LogP contribution in [-0.2, 0) is 4.84 Å². The molecule has 2 fully saturated rings. The van der Waals surface area contributed by atoms with E-state index in [1.165, 1.54) is 19.3 Å². The van der Waals surface area contributed by atoms with Crippen molar-refractivity contribution in [2.75, 3.05) is 33.4 Å². The summed E-state index contributed by atoms with van der Waals surface area (Å²) >= 11 is 0. The highest BCUT2D eigenvalue weighted by Gasteiger charge is 2.56. The van der Waals surface area contributed by atoms with Gasteiger partial charge >= 0.3 is 0 Å². The van der Waals surface area contributed by atoms with E-state index in [1.807, 2.05) is 13.8 Å². The molecule has 18 heavy (non-hydrogen) atoms. The Hall–Kier alpha value is -0.160. The molecule has 2 unspecified atom stereocenters. The molecule has 4 nitrogen and oxygen atoms in total. The van der Waals surface area contributed by atoms with Gasteiger partial charge in [0.05, 0.1) is 13.2 Å². The van der Waals surface area contributed by atoms with Gasteiger partial charge in [-0.25, -0.2) is 5.90 Å². The number of aliphatic hydroxyl groups excluding tert-OH is 1. The van der Waals surface area contributed by atoms with Gasteiger partial charge in [0.1, 0.15) is 0 Å². The third-order valence-electron chi connectivity index (χ3n) is 4.83. The minimum absolute atomic E-state index is 0.0958. The third kappa shape index (κ3) is 2.72. The number of rotatable bonds is 4. The molecule has 0 aromatic heterocycles. The van der Waals surface area contributed by atoms with Crippen LogP contribution in [0.2, 0.25) is 0 Å². The van der Waals surface area contributed by atoms with E-state index in [4.69, 9.17) is 10.7 Å². The van der Waals surface area contributed by atoms with Gasteiger partial charge in [0.15, 0.2) is 0 Å². The highest BCUT2D eigenvalue weighted by atomic mass is 16.6. The predicted octanol–water partition coefficient (Wildman–Crippen LogP) is 1.78. The van der Waals surface area contributed by atoms with Gasteiger partial charge in [0, 0.05) is 18.5 Å². The van der Waals surface area contributed by atoms with Gasteiger partial charge in [-0.3, -0.25) is 0 Å². The molecule has 2 rings (SSSR count). The predicted molar refractivity (Wildman–Crippen MR) is 74.0 cm³/mol. The van der Waals surface area contributed by atoms with Crippen molar-refractivity contribution in [1.82, 2.24) is 4.90 Å². The molecule has 0 bridgehead atoms. The Balaban J connectivity index is 0.000000771. The molecule has 1 saturated carbocycles. The van der Waals surface area contributed by atoms with E-state index in [-0.39, 0.29) is 10.8 Å². The van der Waals surface area contributed by atoms with Crippen molar-refractivity contribution in [3.05, 3.63) is 0 Å². The standard InChI is InChI=1S/C12H24N2O2.C2H6/c1-14-8-11(6-7-16-13)4-2-3-5-12(11,9-14)10-15;1-2/h15H,2-10,13H2,1H3;1-2H3. The Morgan fingerprint density at radius 1 is 1.17 bits per heavy atom. The highest BCUT2D eigenvalue weighted by molar-refractivity contribution is 5.07. The summed E-state index contributed by atoms with van der Waals surface area (Å²) in [5.74, 6) is 5.17. The van der Waals surface area contributed by atoms with Crippen molar-refractivity contribution in [1.29, 1.82) is 0 Å². The number of aliphatic hydroxyl groups is 1. The largest absolute Gasteiger partial charge is 0.396 e. The van der Waals surface area contributed by atoms with Crippen LogP contribution in [0.1, 0.15) is 46.0 Å². The van der Waals surface area contributed by atoms with Crippen LogP contribution in [0.3, 0.4) is 0 Å². The van der Waals surface area contributed by atoms with E-state index in [9.17, 15) is 5.11 Å². The van der Waals surface area contributed by atoms with Gasteiger partial charge in [-0.15, -0.1) is 0 Å². The third-order valence-corrected chi connectivity index (χ3v) is 4.83. The molecule has 1 aliphatic heterocycles. The van der Waals surface area contributed by atoms with Crippen LogP contribution in [0.15, 0.2) is 0 Å². The first-order valence-corrected chi connectivity index (χ1v) is 7.29. The van der Waals surface area contributed by atoms with Crippen molar-refractivity contribution >= 4 is 0 Å². The summed E-state index contributed by atoms with van der Waals surface area (Å²) < 4.78 is 0. The monoisotopic (exact) mass is 258 g/mol. The summed E-state index contributed by atoms with van der Waals surface area (Å²) in [6, 6.07) is 0. The van der Waals surface area contributed by atoms with Crippen LogP contribution in [0.4, 0.5) is 0 Å². The SMILES string of the molecule is CC.CN1CC2(CO)CCCCC2(CCON)C1. The maximum absolute atomic E-state index is 9.84. The van der Waals surface area contributed by atoms with Crippen molar-refractivity contribution < 1.29 is 9.94 Å². The van der Waals surface area contributed by atoms with Gasteiger partial charge < -0.3 is 14.8 Å². The van der Waals surface area contributed by atoms with Crippen LogP contribution in [0.5, 0.6) is 0 Å². The summed E-state index contributed by atoms with van der Waals surface area (Å²) in [5.41, 5.74) is 0.326. The molecule has 0 aromatic rings. The van der Waals surface area contributed by atoms with Gasteiger partial charge in [-0.1, -0.05) is 26.7 Å². The van der Waals surface area contributed by atoms with E-state index in [0.29, 0.717) is 13.2 Å². The summed E-state index contributed by atoms with van der Waals surface area (Å²) in [7, 11) is 2.15. The molecule has 1 aliphatic carbocycles. The molecule has 4 heteroatoms. The fourth-order valence-corrected chi connectivity index (χ4v) is 4.06. The molecule has 1 saturated heterocycles. The average Bonchev–Trinajstić information content (AvgIpc) is 2.71. The zero-order valence-corrected chi connectivity index (χ0v) is 12.2. The minimum Gasteiger partial charge on any atom is -0.396 e. The lowest BCUT2D eigenvalue weighted by Gasteiger charge is -2.48. The van der Waals surface area contributed by atoms with Gasteiger partial charge in [0.2, 0.25) is 0 Å². The molecular formula is C14H30N2O2. The maximum atomic E-state index is 9.84. The lowest BCUT2D eigenvalue weighted by atomic mass is 9.57. The molecule has 1 heterocycles. The number of likely N-dealkylation sites (tertiary alicyclic amines) is 1. The Labute approximate surface area is 111 Å². The normalized spacial score (nSPS) is 35.8. The van der Waals surface area contributed by atoms with Crippen LogP contribution < -0.4 is 5.90 Å². The Kier molecular flexibility index (Phi) is 6.05. The molecule has 3 N–H and O–H groups in total. The molecule has 2 atom stereocenters. The topological polar surface area (TPSA) is 58.7 Å². The van der Waals surface area contributed by atoms with Crippen LogP contribution >= 0.6 is 0 Å². The fraction of sp³-hybridized carbons (Fsp3) is 1.00. The van der Waals surface area contributed by atoms with Crippen LogP contribution in [0, 0.1) is 10.8 Å². The summed E-state index contributed by atoms with van der Waals surface area (Å²) in [5, 5.41) is 9.84. The second kappa shape index (κ2) is 6.85. The fourth-order valence-electron chi connectivity index (χ4n) is 4.06. The van der Waals surface area contributed by atoms with E-state index in [1.54, 1.807) is 0 Å². The van der Waals surface area contributed by atoms with E-state index in [2.05, 4.69) is 11.9 Å². The maximum Gasteiger partial charge on any atom is 0.0685 e. The number of hydrogen-bond acceptors (Lipinski definition) is 4. The number of nitrogens with zero attached hydrogens (tertiary/aromatic N) is 1. The van der Waals surface area contributed by atoms with Crippen LogP contribution in [0.25, 0.3) is 0 Å². The second-order valence-electron chi connectivity index (χ2n) is 5.72. The molecular weight excluding hydrogens is 228 g/mol. The highest BCUT2D eigenvalue weighted by Crippen LogP contribution is 2.56. The van der Waals surface area contributed by atoms with Crippen LogP contribution in [-0.4, -0.2) is 43.4 Å². The van der Waals surface area contributed by atoms with Crippen molar-refractivity contribution in [2.45, 2.75) is 46.0 Å². The number of nitrogens with two attached hydrogens (primary N) is 1. The first-order chi connectivity index (χ1) is 8.68. The first kappa shape index (κ1) is 15.9. The zero-order valence-electron chi connectivity index (χ0n) is 12.2. The quantitative estimate of drug-likeness (QED) is 0.755. The van der Waals surface area contributed by atoms with Crippen molar-refractivity contribution in [3.63, 3.8) is 0 Å². The second-order valence-corrected chi connectivity index (χ2v) is 5.72. The van der Waals surface area contributed by atoms with Gasteiger partial charge in [-0.2, -0.15) is 0 Å². The molecule has 0 radical (unpaired) electrons. The van der Waals surface area contributed by atoms with Gasteiger partial charge in [0.25, 0.3) is 0 Å². The van der Waals surface area contributed by atoms with Crippen molar-refractivity contribution in [2.24, 2.45) is 16.7 Å². The van der Waals surface area contributed by atoms with E-state index < -0.39 is 0 Å². The van der Waals surface area contributed by atoms with E-state index in [0.717, 1.165) is 25.9 Å². The Bertz CT molecular complexity index is 250. The lowest BCUT2D eigenvalue weighted by Crippen LogP contribution is -2.47. The minimum atomic E-state index is 0.0958. The Morgan fingerprint density at radius 2 is 1.72 bits per heavy atom. The molecule has 108 valence electrons. The zero-order chi connectivity index (χ0) is 13.6. The number of hydrogen-bond donors (Lipinski definition) is 2. The molecule has 2 aliphatic rings. The molecule has 0 amide bonds.